The topological polar surface area (TPSA) is 52.5 Å². The van der Waals surface area contributed by atoms with Crippen LogP contribution in [0.1, 0.15) is 44.1 Å². The van der Waals surface area contributed by atoms with E-state index in [0.717, 1.165) is 11.5 Å². The Bertz CT molecular complexity index is 293. The van der Waals surface area contributed by atoms with Gasteiger partial charge >= 0.3 is 0 Å². The van der Waals surface area contributed by atoms with E-state index in [-0.39, 0.29) is 5.92 Å². The van der Waals surface area contributed by atoms with E-state index in [1.54, 1.807) is 6.20 Å². The highest BCUT2D eigenvalue weighted by Gasteiger charge is 2.09. The van der Waals surface area contributed by atoms with Gasteiger partial charge in [0, 0.05) is 12.1 Å². The van der Waals surface area contributed by atoms with Crippen LogP contribution in [0.2, 0.25) is 0 Å². The molecule has 1 atom stereocenters. The Balaban J connectivity index is 2.86. The highest BCUT2D eigenvalue weighted by atomic mass is 14.9. The number of H-pyrrole nitrogens is 1. The van der Waals surface area contributed by atoms with Gasteiger partial charge in [-0.2, -0.15) is 5.26 Å². The van der Waals surface area contributed by atoms with Gasteiger partial charge in [0.25, 0.3) is 0 Å². The van der Waals surface area contributed by atoms with Gasteiger partial charge in [-0.25, -0.2) is 4.98 Å². The van der Waals surface area contributed by atoms with Gasteiger partial charge in [-0.3, -0.25) is 0 Å². The monoisotopic (exact) mass is 163 g/mol. The van der Waals surface area contributed by atoms with Crippen molar-refractivity contribution >= 4 is 0 Å². The maximum absolute atomic E-state index is 8.64. The Labute approximate surface area is 72.4 Å². The van der Waals surface area contributed by atoms with Crippen molar-refractivity contribution in [1.82, 2.24) is 9.97 Å². The molecule has 1 aromatic heterocycles. The summed E-state index contributed by atoms with van der Waals surface area (Å²) in [5.41, 5.74) is 0.904. The number of nitrogens with one attached hydrogen (secondary N) is 1. The van der Waals surface area contributed by atoms with Crippen LogP contribution in [0.25, 0.3) is 0 Å². The van der Waals surface area contributed by atoms with E-state index in [9.17, 15) is 0 Å². The zero-order chi connectivity index (χ0) is 9.14. The summed E-state index contributed by atoms with van der Waals surface area (Å²) in [6, 6.07) is 2.16. The second-order valence-electron chi connectivity index (χ2n) is 3.23. The zero-order valence-corrected chi connectivity index (χ0v) is 7.63. The predicted molar refractivity (Wildman–Crippen MR) is 46.7 cm³/mol. The van der Waals surface area contributed by atoms with Crippen molar-refractivity contribution in [2.24, 2.45) is 0 Å². The first kappa shape index (κ1) is 8.79. The molecule has 1 unspecified atom stereocenters. The van der Waals surface area contributed by atoms with Gasteiger partial charge in [-0.05, 0) is 6.92 Å². The molecule has 0 fully saturated rings. The highest BCUT2D eigenvalue weighted by molar-refractivity contribution is 5.14. The van der Waals surface area contributed by atoms with Crippen LogP contribution in [0, 0.1) is 11.3 Å². The van der Waals surface area contributed by atoms with E-state index >= 15 is 0 Å². The number of nitriles is 1. The van der Waals surface area contributed by atoms with Crippen LogP contribution in [0.15, 0.2) is 6.20 Å². The lowest BCUT2D eigenvalue weighted by Gasteiger charge is -1.99. The molecule has 0 saturated heterocycles. The lowest BCUT2D eigenvalue weighted by atomic mass is 10.1. The van der Waals surface area contributed by atoms with Crippen LogP contribution in [-0.2, 0) is 0 Å². The molecule has 3 heteroatoms. The molecule has 0 bridgehead atoms. The molecule has 12 heavy (non-hydrogen) atoms. The summed E-state index contributed by atoms with van der Waals surface area (Å²) < 4.78 is 0. The lowest BCUT2D eigenvalue weighted by Crippen LogP contribution is -1.92. The molecule has 0 aliphatic carbocycles. The number of hydrogen-bond donors (Lipinski definition) is 1. The highest BCUT2D eigenvalue weighted by Crippen LogP contribution is 2.15. The first-order valence-electron chi connectivity index (χ1n) is 4.09. The minimum atomic E-state index is -0.0926. The summed E-state index contributed by atoms with van der Waals surface area (Å²) in [4.78, 5) is 7.31. The normalized spacial score (nSPS) is 12.9. The fraction of sp³-hybridized carbons (Fsp3) is 0.556. The molecule has 0 aliphatic rings. The van der Waals surface area contributed by atoms with E-state index in [0.29, 0.717) is 5.92 Å². The zero-order valence-electron chi connectivity index (χ0n) is 7.63. The van der Waals surface area contributed by atoms with Gasteiger partial charge in [0.2, 0.25) is 0 Å². The molecular weight excluding hydrogens is 150 g/mol. The van der Waals surface area contributed by atoms with Gasteiger partial charge < -0.3 is 4.98 Å². The van der Waals surface area contributed by atoms with Crippen molar-refractivity contribution in [3.05, 3.63) is 17.7 Å². The Hall–Kier alpha value is -1.30. The molecule has 0 spiro atoms. The second-order valence-corrected chi connectivity index (χ2v) is 3.23. The van der Waals surface area contributed by atoms with Crippen LogP contribution in [0.4, 0.5) is 0 Å². The third-order valence-corrected chi connectivity index (χ3v) is 1.82. The first-order chi connectivity index (χ1) is 5.65. The van der Waals surface area contributed by atoms with Gasteiger partial charge in [-0.1, -0.05) is 13.8 Å². The molecule has 64 valence electrons. The van der Waals surface area contributed by atoms with Gasteiger partial charge in [0.15, 0.2) is 0 Å². The van der Waals surface area contributed by atoms with Crippen LogP contribution in [0.5, 0.6) is 0 Å². The number of rotatable bonds is 2. The van der Waals surface area contributed by atoms with Crippen LogP contribution in [0.3, 0.4) is 0 Å². The maximum atomic E-state index is 8.64. The molecule has 1 rings (SSSR count). The fourth-order valence-corrected chi connectivity index (χ4v) is 0.935. The van der Waals surface area contributed by atoms with Crippen molar-refractivity contribution in [1.29, 1.82) is 5.26 Å². The van der Waals surface area contributed by atoms with Crippen LogP contribution >= 0.6 is 0 Å². The van der Waals surface area contributed by atoms with Crippen molar-refractivity contribution in [3.8, 4) is 6.07 Å². The van der Waals surface area contributed by atoms with Crippen molar-refractivity contribution < 1.29 is 0 Å². The number of imidazole rings is 1. The minimum absolute atomic E-state index is 0.0926. The van der Waals surface area contributed by atoms with E-state index < -0.39 is 0 Å². The molecule has 0 aliphatic heterocycles. The molecule has 1 N–H and O–H groups in total. The van der Waals surface area contributed by atoms with Crippen LogP contribution < -0.4 is 0 Å². The van der Waals surface area contributed by atoms with Gasteiger partial charge in [0.05, 0.1) is 17.7 Å². The number of aromatic nitrogens is 2. The first-order valence-corrected chi connectivity index (χ1v) is 4.09. The summed E-state index contributed by atoms with van der Waals surface area (Å²) in [5.74, 6) is 1.25. The lowest BCUT2D eigenvalue weighted by molar-refractivity contribution is 0.784. The summed E-state index contributed by atoms with van der Waals surface area (Å²) in [5, 5.41) is 8.64. The SMILES string of the molecule is CC(C)c1ncc(C(C)C#N)[nH]1. The largest absolute Gasteiger partial charge is 0.345 e. The molecule has 0 saturated carbocycles. The molecule has 0 radical (unpaired) electrons. The number of hydrogen-bond acceptors (Lipinski definition) is 2. The molecule has 3 nitrogen and oxygen atoms in total. The summed E-state index contributed by atoms with van der Waals surface area (Å²) >= 11 is 0. The Morgan fingerprint density at radius 3 is 2.58 bits per heavy atom. The van der Waals surface area contributed by atoms with Gasteiger partial charge in [-0.15, -0.1) is 0 Å². The average molecular weight is 163 g/mol. The molecule has 0 amide bonds. The van der Waals surface area contributed by atoms with E-state index in [1.807, 2.05) is 6.92 Å². The van der Waals surface area contributed by atoms with E-state index in [2.05, 4.69) is 29.9 Å². The number of aromatic amines is 1. The third-order valence-electron chi connectivity index (χ3n) is 1.82. The van der Waals surface area contributed by atoms with E-state index in [1.165, 1.54) is 0 Å². The minimum Gasteiger partial charge on any atom is -0.345 e. The van der Waals surface area contributed by atoms with Crippen molar-refractivity contribution in [2.75, 3.05) is 0 Å². The smallest absolute Gasteiger partial charge is 0.108 e. The Kier molecular flexibility index (Phi) is 2.49. The van der Waals surface area contributed by atoms with Crippen molar-refractivity contribution in [3.63, 3.8) is 0 Å². The fourth-order valence-electron chi connectivity index (χ4n) is 0.935. The summed E-state index contributed by atoms with van der Waals surface area (Å²) in [7, 11) is 0. The Morgan fingerprint density at radius 1 is 1.50 bits per heavy atom. The standard InChI is InChI=1S/C9H13N3/c1-6(2)9-11-5-8(12-9)7(3)4-10/h5-7H,1-3H3,(H,11,12). The predicted octanol–water partition coefficient (Wildman–Crippen LogP) is 2.16. The van der Waals surface area contributed by atoms with Crippen molar-refractivity contribution in [2.45, 2.75) is 32.6 Å². The second kappa shape index (κ2) is 3.40. The van der Waals surface area contributed by atoms with Gasteiger partial charge in [0.1, 0.15) is 5.82 Å². The number of nitrogens with zero attached hydrogens (tertiary/aromatic N) is 2. The summed E-state index contributed by atoms with van der Waals surface area (Å²) in [6.07, 6.45) is 1.74. The molecule has 1 heterocycles. The van der Waals surface area contributed by atoms with E-state index in [4.69, 9.17) is 5.26 Å². The Morgan fingerprint density at radius 2 is 2.17 bits per heavy atom. The summed E-state index contributed by atoms with van der Waals surface area (Å²) in [6.45, 7) is 6.00. The third kappa shape index (κ3) is 1.65. The quantitative estimate of drug-likeness (QED) is 0.726. The molecular formula is C9H13N3. The molecule has 0 aromatic carbocycles. The van der Waals surface area contributed by atoms with Crippen LogP contribution in [-0.4, -0.2) is 9.97 Å². The molecule has 1 aromatic rings. The maximum Gasteiger partial charge on any atom is 0.108 e. The average Bonchev–Trinajstić information content (AvgIpc) is 2.51.